The molecule has 94 valence electrons. The third-order valence-corrected chi connectivity index (χ3v) is 2.84. The van der Waals surface area contributed by atoms with Crippen LogP contribution in [0.15, 0.2) is 6.07 Å². The molecule has 0 bridgehead atoms. The third-order valence-electron chi connectivity index (χ3n) is 2.84. The van der Waals surface area contributed by atoms with E-state index in [9.17, 15) is 0 Å². The SMILES string of the molecule is COc1cc(N2CCOCC2(C)C)nc(N)n1. The largest absolute Gasteiger partial charge is 0.481 e. The van der Waals surface area contributed by atoms with Crippen molar-refractivity contribution >= 4 is 11.8 Å². The first-order valence-corrected chi connectivity index (χ1v) is 5.57. The molecule has 6 heteroatoms. The van der Waals surface area contributed by atoms with E-state index in [4.69, 9.17) is 15.2 Å². The van der Waals surface area contributed by atoms with E-state index in [2.05, 4.69) is 28.7 Å². The number of aromatic nitrogens is 2. The average Bonchev–Trinajstić information content (AvgIpc) is 2.27. The molecule has 0 aromatic carbocycles. The molecule has 1 aliphatic heterocycles. The van der Waals surface area contributed by atoms with E-state index in [-0.39, 0.29) is 11.5 Å². The van der Waals surface area contributed by atoms with E-state index < -0.39 is 0 Å². The van der Waals surface area contributed by atoms with Crippen LogP contribution in [0, 0.1) is 0 Å². The summed E-state index contributed by atoms with van der Waals surface area (Å²) in [7, 11) is 1.57. The number of rotatable bonds is 2. The first-order valence-electron chi connectivity index (χ1n) is 5.57. The molecule has 2 rings (SSSR count). The van der Waals surface area contributed by atoms with Gasteiger partial charge in [0.2, 0.25) is 11.8 Å². The molecule has 0 saturated carbocycles. The molecule has 1 fully saturated rings. The molecule has 0 aliphatic carbocycles. The summed E-state index contributed by atoms with van der Waals surface area (Å²) in [6, 6.07) is 1.80. The number of nitrogens with zero attached hydrogens (tertiary/aromatic N) is 3. The van der Waals surface area contributed by atoms with Crippen LogP contribution >= 0.6 is 0 Å². The lowest BCUT2D eigenvalue weighted by molar-refractivity contribution is 0.0639. The van der Waals surface area contributed by atoms with Gasteiger partial charge >= 0.3 is 0 Å². The Morgan fingerprint density at radius 3 is 2.88 bits per heavy atom. The van der Waals surface area contributed by atoms with Crippen LogP contribution in [0.5, 0.6) is 5.88 Å². The third kappa shape index (κ3) is 2.41. The van der Waals surface area contributed by atoms with Crippen molar-refractivity contribution in [1.82, 2.24) is 9.97 Å². The molecular weight excluding hydrogens is 220 g/mol. The summed E-state index contributed by atoms with van der Waals surface area (Å²) >= 11 is 0. The Bertz CT molecular complexity index is 408. The summed E-state index contributed by atoms with van der Waals surface area (Å²) < 4.78 is 10.6. The Hall–Kier alpha value is -1.56. The van der Waals surface area contributed by atoms with Crippen molar-refractivity contribution in [2.45, 2.75) is 19.4 Å². The van der Waals surface area contributed by atoms with Crippen molar-refractivity contribution in [3.63, 3.8) is 0 Å². The quantitative estimate of drug-likeness (QED) is 0.817. The average molecular weight is 238 g/mol. The Kier molecular flexibility index (Phi) is 3.06. The maximum Gasteiger partial charge on any atom is 0.225 e. The van der Waals surface area contributed by atoms with Gasteiger partial charge in [-0.15, -0.1) is 0 Å². The normalized spacial score (nSPS) is 19.1. The van der Waals surface area contributed by atoms with Gasteiger partial charge in [0.25, 0.3) is 0 Å². The zero-order valence-corrected chi connectivity index (χ0v) is 10.4. The molecule has 0 unspecified atom stereocenters. The Labute approximate surface area is 101 Å². The van der Waals surface area contributed by atoms with E-state index in [0.29, 0.717) is 19.1 Å². The van der Waals surface area contributed by atoms with Gasteiger partial charge in [-0.2, -0.15) is 9.97 Å². The zero-order chi connectivity index (χ0) is 12.5. The molecule has 1 aliphatic rings. The minimum atomic E-state index is -0.107. The van der Waals surface area contributed by atoms with Crippen molar-refractivity contribution in [3.8, 4) is 5.88 Å². The number of hydrogen-bond donors (Lipinski definition) is 1. The molecule has 0 amide bonds. The second-order valence-electron chi connectivity index (χ2n) is 4.64. The summed E-state index contributed by atoms with van der Waals surface area (Å²) in [5.74, 6) is 1.49. The molecule has 0 radical (unpaired) electrons. The van der Waals surface area contributed by atoms with Crippen LogP contribution in [0.4, 0.5) is 11.8 Å². The van der Waals surface area contributed by atoms with E-state index >= 15 is 0 Å². The molecule has 6 nitrogen and oxygen atoms in total. The second-order valence-corrected chi connectivity index (χ2v) is 4.64. The zero-order valence-electron chi connectivity index (χ0n) is 10.4. The highest BCUT2D eigenvalue weighted by Gasteiger charge is 2.32. The monoisotopic (exact) mass is 238 g/mol. The number of morpholine rings is 1. The number of nitrogens with two attached hydrogens (primary N) is 1. The lowest BCUT2D eigenvalue weighted by Gasteiger charge is -2.42. The first kappa shape index (κ1) is 11.9. The highest BCUT2D eigenvalue weighted by molar-refractivity contribution is 5.48. The fourth-order valence-corrected chi connectivity index (χ4v) is 1.96. The summed E-state index contributed by atoms with van der Waals surface area (Å²) in [4.78, 5) is 10.4. The molecular formula is C11H18N4O2. The van der Waals surface area contributed by atoms with Crippen LogP contribution in [0.2, 0.25) is 0 Å². The van der Waals surface area contributed by atoms with Gasteiger partial charge < -0.3 is 20.1 Å². The molecule has 0 spiro atoms. The van der Waals surface area contributed by atoms with Crippen molar-refractivity contribution in [2.24, 2.45) is 0 Å². The molecule has 2 N–H and O–H groups in total. The summed E-state index contributed by atoms with van der Waals surface area (Å²) in [6.45, 7) is 6.36. The molecule has 1 aromatic heterocycles. The van der Waals surface area contributed by atoms with E-state index in [1.54, 1.807) is 13.2 Å². The highest BCUT2D eigenvalue weighted by atomic mass is 16.5. The van der Waals surface area contributed by atoms with Gasteiger partial charge in [-0.1, -0.05) is 0 Å². The predicted octanol–water partition coefficient (Wildman–Crippen LogP) is 0.683. The van der Waals surface area contributed by atoms with E-state index in [0.717, 1.165) is 12.4 Å². The predicted molar refractivity (Wildman–Crippen MR) is 65.2 cm³/mol. The fourth-order valence-electron chi connectivity index (χ4n) is 1.96. The van der Waals surface area contributed by atoms with Gasteiger partial charge in [-0.25, -0.2) is 0 Å². The van der Waals surface area contributed by atoms with Crippen molar-refractivity contribution < 1.29 is 9.47 Å². The van der Waals surface area contributed by atoms with E-state index in [1.807, 2.05) is 0 Å². The van der Waals surface area contributed by atoms with Crippen LogP contribution in [0.3, 0.4) is 0 Å². The molecule has 1 saturated heterocycles. The number of ether oxygens (including phenoxy) is 2. The standard InChI is InChI=1S/C11H18N4O2/c1-11(2)7-17-5-4-15(11)8-6-9(16-3)14-10(12)13-8/h6H,4-5,7H2,1-3H3,(H2,12,13,14). The van der Waals surface area contributed by atoms with Crippen LogP contribution in [-0.4, -0.2) is 42.4 Å². The number of nitrogen functional groups attached to an aromatic ring is 1. The fraction of sp³-hybridized carbons (Fsp3) is 0.636. The summed E-state index contributed by atoms with van der Waals surface area (Å²) in [5.41, 5.74) is 5.56. The van der Waals surface area contributed by atoms with Gasteiger partial charge in [-0.05, 0) is 13.8 Å². The van der Waals surface area contributed by atoms with Crippen molar-refractivity contribution in [1.29, 1.82) is 0 Å². The smallest absolute Gasteiger partial charge is 0.225 e. The van der Waals surface area contributed by atoms with E-state index in [1.165, 1.54) is 0 Å². The van der Waals surface area contributed by atoms with Crippen LogP contribution in [0.25, 0.3) is 0 Å². The molecule has 1 aromatic rings. The van der Waals surface area contributed by atoms with Crippen LogP contribution < -0.4 is 15.4 Å². The number of anilines is 2. The Balaban J connectivity index is 2.35. The summed E-state index contributed by atoms with van der Waals surface area (Å²) in [5, 5.41) is 0. The molecule has 17 heavy (non-hydrogen) atoms. The Morgan fingerprint density at radius 2 is 2.24 bits per heavy atom. The minimum absolute atomic E-state index is 0.107. The van der Waals surface area contributed by atoms with Crippen molar-refractivity contribution in [2.75, 3.05) is 37.5 Å². The lowest BCUT2D eigenvalue weighted by Crippen LogP contribution is -2.53. The summed E-state index contributed by atoms with van der Waals surface area (Å²) in [6.07, 6.45) is 0. The van der Waals surface area contributed by atoms with Gasteiger partial charge in [0.1, 0.15) is 5.82 Å². The lowest BCUT2D eigenvalue weighted by atomic mass is 10.0. The molecule has 2 heterocycles. The first-order chi connectivity index (χ1) is 8.03. The number of hydrogen-bond acceptors (Lipinski definition) is 6. The topological polar surface area (TPSA) is 73.5 Å². The van der Waals surface area contributed by atoms with Gasteiger partial charge in [-0.3, -0.25) is 0 Å². The maximum atomic E-state index is 5.67. The highest BCUT2D eigenvalue weighted by Crippen LogP contribution is 2.27. The van der Waals surface area contributed by atoms with Gasteiger partial charge in [0, 0.05) is 12.6 Å². The van der Waals surface area contributed by atoms with Gasteiger partial charge in [0.15, 0.2) is 0 Å². The van der Waals surface area contributed by atoms with Gasteiger partial charge in [0.05, 0.1) is 25.9 Å². The minimum Gasteiger partial charge on any atom is -0.481 e. The second kappa shape index (κ2) is 4.37. The van der Waals surface area contributed by atoms with Crippen molar-refractivity contribution in [3.05, 3.63) is 6.07 Å². The maximum absolute atomic E-state index is 5.67. The van der Waals surface area contributed by atoms with Crippen LogP contribution in [0.1, 0.15) is 13.8 Å². The molecule has 0 atom stereocenters. The number of methoxy groups -OCH3 is 1. The van der Waals surface area contributed by atoms with Crippen LogP contribution in [-0.2, 0) is 4.74 Å². The Morgan fingerprint density at radius 1 is 1.47 bits per heavy atom.